The van der Waals surface area contributed by atoms with Gasteiger partial charge in [0.1, 0.15) is 17.2 Å². The van der Waals surface area contributed by atoms with Crippen LogP contribution in [0.25, 0.3) is 5.65 Å². The fraction of sp³-hybridized carbons (Fsp3) is 0.450. The summed E-state index contributed by atoms with van der Waals surface area (Å²) in [6, 6.07) is 3.61. The third-order valence-electron chi connectivity index (χ3n) is 5.68. The number of imidazole rings is 2. The fourth-order valence-corrected chi connectivity index (χ4v) is 4.15. The minimum atomic E-state index is -0.00500. The molecule has 7 heteroatoms. The van der Waals surface area contributed by atoms with Crippen molar-refractivity contribution >= 4 is 23.2 Å². The van der Waals surface area contributed by atoms with Crippen LogP contribution >= 0.6 is 11.6 Å². The Labute approximate surface area is 162 Å². The summed E-state index contributed by atoms with van der Waals surface area (Å²) < 4.78 is 4.13. The molecule has 0 unspecified atom stereocenters. The van der Waals surface area contributed by atoms with Crippen molar-refractivity contribution in [3.05, 3.63) is 53.5 Å². The minimum absolute atomic E-state index is 0.00500. The number of carbonyl (C=O) groups is 1. The highest BCUT2D eigenvalue weighted by Gasteiger charge is 2.29. The summed E-state index contributed by atoms with van der Waals surface area (Å²) in [5, 5.41) is 0.626. The van der Waals surface area contributed by atoms with Crippen LogP contribution in [0, 0.1) is 5.92 Å². The van der Waals surface area contributed by atoms with Crippen molar-refractivity contribution in [1.82, 2.24) is 23.8 Å². The maximum atomic E-state index is 12.9. The van der Waals surface area contributed by atoms with Gasteiger partial charge >= 0.3 is 0 Å². The van der Waals surface area contributed by atoms with Crippen molar-refractivity contribution in [3.8, 4) is 0 Å². The predicted octanol–water partition coefficient (Wildman–Crippen LogP) is 3.61. The van der Waals surface area contributed by atoms with Crippen molar-refractivity contribution in [1.29, 1.82) is 0 Å². The zero-order valence-electron chi connectivity index (χ0n) is 15.1. The lowest BCUT2D eigenvalue weighted by molar-refractivity contribution is 0.0705. The van der Waals surface area contributed by atoms with E-state index in [2.05, 4.69) is 20.7 Å². The number of amides is 1. The fourth-order valence-electron chi connectivity index (χ4n) is 3.98. The Bertz CT molecular complexity index is 981. The monoisotopic (exact) mass is 383 g/mol. The van der Waals surface area contributed by atoms with Crippen molar-refractivity contribution in [2.75, 3.05) is 13.1 Å². The lowest BCUT2D eigenvalue weighted by Gasteiger charge is -2.31. The zero-order chi connectivity index (χ0) is 18.4. The molecule has 0 radical (unpaired) electrons. The molecular weight excluding hydrogens is 362 g/mol. The zero-order valence-corrected chi connectivity index (χ0v) is 15.8. The molecule has 1 saturated heterocycles. The molecule has 2 fully saturated rings. The summed E-state index contributed by atoms with van der Waals surface area (Å²) in [5.41, 5.74) is 1.21. The first-order valence-corrected chi connectivity index (χ1v) is 10.00. The number of fused-ring (bicyclic) bond motifs is 1. The van der Waals surface area contributed by atoms with Crippen molar-refractivity contribution in [2.45, 2.75) is 38.1 Å². The van der Waals surface area contributed by atoms with Crippen LogP contribution < -0.4 is 0 Å². The van der Waals surface area contributed by atoms with E-state index in [0.29, 0.717) is 16.6 Å². The summed E-state index contributed by atoms with van der Waals surface area (Å²) in [4.78, 5) is 23.8. The molecule has 0 atom stereocenters. The molecular formula is C20H22ClN5O. The molecule has 0 aromatic carbocycles. The molecule has 1 saturated carbocycles. The quantitative estimate of drug-likeness (QED) is 0.691. The molecule has 5 rings (SSSR count). The van der Waals surface area contributed by atoms with E-state index >= 15 is 0 Å². The van der Waals surface area contributed by atoms with Gasteiger partial charge in [0.15, 0.2) is 0 Å². The normalized spacial score (nSPS) is 18.3. The highest BCUT2D eigenvalue weighted by Crippen LogP contribution is 2.33. The molecule has 4 heterocycles. The molecule has 3 aromatic rings. The predicted molar refractivity (Wildman–Crippen MR) is 103 cm³/mol. The Morgan fingerprint density at radius 2 is 1.96 bits per heavy atom. The van der Waals surface area contributed by atoms with Crippen LogP contribution in [0.5, 0.6) is 0 Å². The van der Waals surface area contributed by atoms with E-state index in [1.165, 1.54) is 18.7 Å². The SMILES string of the molecule is O=C(c1cn2cc(Cl)ccc2n1)N1CCC(c2nccn2CC2CC2)CC1. The van der Waals surface area contributed by atoms with Gasteiger partial charge in [0.2, 0.25) is 0 Å². The maximum absolute atomic E-state index is 12.9. The topological polar surface area (TPSA) is 55.4 Å². The molecule has 0 spiro atoms. The van der Waals surface area contributed by atoms with Gasteiger partial charge in [-0.3, -0.25) is 4.79 Å². The van der Waals surface area contributed by atoms with Gasteiger partial charge in [-0.05, 0) is 43.7 Å². The van der Waals surface area contributed by atoms with E-state index in [1.54, 1.807) is 22.9 Å². The number of halogens is 1. The Kier molecular flexibility index (Phi) is 4.16. The number of likely N-dealkylation sites (tertiary alicyclic amines) is 1. The second kappa shape index (κ2) is 6.68. The Hall–Kier alpha value is -2.34. The van der Waals surface area contributed by atoms with Crippen LogP contribution in [0.3, 0.4) is 0 Å². The Morgan fingerprint density at radius 3 is 2.74 bits per heavy atom. The third-order valence-corrected chi connectivity index (χ3v) is 5.90. The van der Waals surface area contributed by atoms with Crippen molar-refractivity contribution < 1.29 is 4.79 Å². The summed E-state index contributed by atoms with van der Waals surface area (Å²) >= 11 is 6.02. The molecule has 1 aliphatic carbocycles. The van der Waals surface area contributed by atoms with Gasteiger partial charge in [0.05, 0.1) is 5.02 Å². The van der Waals surface area contributed by atoms with E-state index < -0.39 is 0 Å². The molecule has 1 aliphatic heterocycles. The summed E-state index contributed by atoms with van der Waals surface area (Å²) in [5.74, 6) is 2.46. The largest absolute Gasteiger partial charge is 0.337 e. The molecule has 1 amide bonds. The summed E-state index contributed by atoms with van der Waals surface area (Å²) in [6.45, 7) is 2.58. The van der Waals surface area contributed by atoms with E-state index in [4.69, 9.17) is 11.6 Å². The number of aromatic nitrogens is 4. The number of pyridine rings is 1. The van der Waals surface area contributed by atoms with Crippen LogP contribution in [0.1, 0.15) is 47.9 Å². The number of piperidine rings is 1. The molecule has 0 N–H and O–H groups in total. The number of nitrogens with zero attached hydrogens (tertiary/aromatic N) is 5. The molecule has 140 valence electrons. The smallest absolute Gasteiger partial charge is 0.274 e. The second-order valence-corrected chi connectivity index (χ2v) is 8.12. The molecule has 3 aromatic heterocycles. The van der Waals surface area contributed by atoms with E-state index in [1.807, 2.05) is 17.2 Å². The first-order chi connectivity index (χ1) is 13.2. The number of carbonyl (C=O) groups excluding carboxylic acids is 1. The highest BCUT2D eigenvalue weighted by molar-refractivity contribution is 6.30. The molecule has 27 heavy (non-hydrogen) atoms. The maximum Gasteiger partial charge on any atom is 0.274 e. The number of hydrogen-bond donors (Lipinski definition) is 0. The first kappa shape index (κ1) is 16.8. The van der Waals surface area contributed by atoms with Gasteiger partial charge in [-0.2, -0.15) is 0 Å². The average molecular weight is 384 g/mol. The van der Waals surface area contributed by atoms with Gasteiger partial charge in [-0.15, -0.1) is 0 Å². The van der Waals surface area contributed by atoms with Crippen LogP contribution in [-0.4, -0.2) is 42.8 Å². The van der Waals surface area contributed by atoms with Gasteiger partial charge in [-0.25, -0.2) is 9.97 Å². The van der Waals surface area contributed by atoms with E-state index in [0.717, 1.165) is 44.0 Å². The van der Waals surface area contributed by atoms with Crippen LogP contribution in [0.2, 0.25) is 5.02 Å². The van der Waals surface area contributed by atoms with E-state index in [-0.39, 0.29) is 5.91 Å². The Balaban J connectivity index is 1.27. The van der Waals surface area contributed by atoms with Crippen molar-refractivity contribution in [3.63, 3.8) is 0 Å². The van der Waals surface area contributed by atoms with Gasteiger partial charge < -0.3 is 13.9 Å². The third kappa shape index (κ3) is 3.34. The average Bonchev–Trinajstić information content (AvgIpc) is 3.21. The lowest BCUT2D eigenvalue weighted by atomic mass is 9.95. The van der Waals surface area contributed by atoms with Gasteiger partial charge in [0, 0.05) is 50.3 Å². The molecule has 2 aliphatic rings. The minimum Gasteiger partial charge on any atom is -0.337 e. The second-order valence-electron chi connectivity index (χ2n) is 7.69. The first-order valence-electron chi connectivity index (χ1n) is 9.62. The van der Waals surface area contributed by atoms with E-state index in [9.17, 15) is 4.79 Å². The van der Waals surface area contributed by atoms with Crippen molar-refractivity contribution in [2.24, 2.45) is 5.92 Å². The molecule has 0 bridgehead atoms. The highest BCUT2D eigenvalue weighted by atomic mass is 35.5. The van der Waals surface area contributed by atoms with Gasteiger partial charge in [0.25, 0.3) is 5.91 Å². The number of rotatable bonds is 4. The standard InChI is InChI=1S/C20H22ClN5O/c21-16-3-4-18-23-17(13-26(18)12-16)20(27)24-8-5-15(6-9-24)19-22-7-10-25(19)11-14-1-2-14/h3-4,7,10,12-15H,1-2,5-6,8-9,11H2. The lowest BCUT2D eigenvalue weighted by Crippen LogP contribution is -2.38. The summed E-state index contributed by atoms with van der Waals surface area (Å²) in [7, 11) is 0. The molecule has 6 nitrogen and oxygen atoms in total. The Morgan fingerprint density at radius 1 is 1.15 bits per heavy atom. The number of hydrogen-bond acceptors (Lipinski definition) is 3. The van der Waals surface area contributed by atoms with Gasteiger partial charge in [-0.1, -0.05) is 11.6 Å². The van der Waals surface area contributed by atoms with Crippen LogP contribution in [0.4, 0.5) is 0 Å². The van der Waals surface area contributed by atoms with Crippen LogP contribution in [0.15, 0.2) is 36.9 Å². The summed E-state index contributed by atoms with van der Waals surface area (Å²) in [6.07, 6.45) is 12.1. The van der Waals surface area contributed by atoms with Crippen LogP contribution in [-0.2, 0) is 6.54 Å².